The summed E-state index contributed by atoms with van der Waals surface area (Å²) < 4.78 is 39.2. The van der Waals surface area contributed by atoms with Crippen LogP contribution in [0.4, 0.5) is 20.2 Å². The maximum Gasteiger partial charge on any atom is 0.276 e. The summed E-state index contributed by atoms with van der Waals surface area (Å²) in [6.07, 6.45) is 5.75. The number of nitrogens with one attached hydrogen (secondary N) is 1. The predicted octanol–water partition coefficient (Wildman–Crippen LogP) is 5.32. The van der Waals surface area contributed by atoms with Crippen molar-refractivity contribution in [2.24, 2.45) is 5.92 Å². The number of fused-ring (bicyclic) bond motifs is 3. The molecule has 0 spiro atoms. The van der Waals surface area contributed by atoms with E-state index >= 15 is 8.78 Å². The van der Waals surface area contributed by atoms with Gasteiger partial charge < -0.3 is 15.6 Å². The summed E-state index contributed by atoms with van der Waals surface area (Å²) in [6.45, 7) is 11.6. The van der Waals surface area contributed by atoms with E-state index in [-0.39, 0.29) is 86.4 Å². The fourth-order valence-corrected chi connectivity index (χ4v) is 7.74. The van der Waals surface area contributed by atoms with Crippen LogP contribution in [0, 0.1) is 24.5 Å². The number of hydrogen-bond donors (Lipinski definition) is 2. The molecule has 260 valence electrons. The van der Waals surface area contributed by atoms with Crippen molar-refractivity contribution in [1.29, 1.82) is 0 Å². The minimum atomic E-state index is -0.676. The lowest BCUT2D eigenvalue weighted by Crippen LogP contribution is -2.35. The number of nitrogens with two attached hydrogens (primary N) is 1. The molecule has 0 amide bonds. The molecule has 50 heavy (non-hydrogen) atoms. The van der Waals surface area contributed by atoms with E-state index < -0.39 is 11.6 Å². The van der Waals surface area contributed by atoms with Crippen molar-refractivity contribution in [1.82, 2.24) is 28.3 Å². The van der Waals surface area contributed by atoms with Gasteiger partial charge in [0.25, 0.3) is 16.7 Å². The van der Waals surface area contributed by atoms with Crippen LogP contribution in [0.3, 0.4) is 0 Å². The largest absolute Gasteiger partial charge is 0.397 e. The molecule has 5 aromatic rings. The number of rotatable bonds is 9. The van der Waals surface area contributed by atoms with Gasteiger partial charge in [0.2, 0.25) is 0 Å². The minimum Gasteiger partial charge on any atom is -0.397 e. The van der Waals surface area contributed by atoms with Crippen molar-refractivity contribution in [3.8, 4) is 22.3 Å². The zero-order valence-corrected chi connectivity index (χ0v) is 28.4. The highest BCUT2D eigenvalue weighted by atomic mass is 35.5. The van der Waals surface area contributed by atoms with Crippen LogP contribution in [-0.2, 0) is 39.1 Å². The highest BCUT2D eigenvalue weighted by Crippen LogP contribution is 2.34. The molecule has 0 aliphatic carbocycles. The third-order valence-corrected chi connectivity index (χ3v) is 10.2. The van der Waals surface area contributed by atoms with Gasteiger partial charge in [-0.2, -0.15) is 0 Å². The fourth-order valence-electron chi connectivity index (χ4n) is 7.38. The third kappa shape index (κ3) is 5.40. The van der Waals surface area contributed by atoms with Crippen LogP contribution in [-0.4, -0.2) is 34.8 Å². The average Bonchev–Trinajstić information content (AvgIpc) is 3.49. The molecule has 3 aromatic heterocycles. The Hall–Kier alpha value is -5.17. The van der Waals surface area contributed by atoms with Gasteiger partial charge >= 0.3 is 0 Å². The van der Waals surface area contributed by atoms with Crippen LogP contribution in [0.2, 0.25) is 5.15 Å². The van der Waals surface area contributed by atoms with Gasteiger partial charge in [-0.15, -0.1) is 13.2 Å². The summed E-state index contributed by atoms with van der Waals surface area (Å²) in [5.41, 5.74) is 7.54. The van der Waals surface area contributed by atoms with E-state index in [1.165, 1.54) is 27.4 Å². The van der Waals surface area contributed by atoms with Crippen molar-refractivity contribution in [2.75, 3.05) is 17.6 Å². The van der Waals surface area contributed by atoms with Crippen molar-refractivity contribution in [3.05, 3.63) is 109 Å². The molecule has 3 N–H and O–H groups in total. The maximum absolute atomic E-state index is 15.8. The number of hydrogen-bond acceptors (Lipinski definition) is 6. The maximum atomic E-state index is 15.8. The molecule has 2 aromatic carbocycles. The van der Waals surface area contributed by atoms with E-state index in [1.807, 2.05) is 4.68 Å². The van der Waals surface area contributed by atoms with E-state index in [2.05, 4.69) is 23.5 Å². The molecule has 1 atom stereocenters. The molecular formula is C36H37ClF2N8O3. The molecule has 2 aliphatic rings. The number of nitrogen functional groups attached to an aromatic ring is 1. The summed E-state index contributed by atoms with van der Waals surface area (Å²) >= 11 is 6.62. The molecule has 0 radical (unpaired) electrons. The summed E-state index contributed by atoms with van der Waals surface area (Å²) in [4.78, 5) is 45.7. The Labute approximate surface area is 290 Å². The van der Waals surface area contributed by atoms with Crippen molar-refractivity contribution < 1.29 is 8.78 Å². The quantitative estimate of drug-likeness (QED) is 0.158. The van der Waals surface area contributed by atoms with E-state index in [4.69, 9.17) is 17.3 Å². The minimum absolute atomic E-state index is 0.00778. The van der Waals surface area contributed by atoms with E-state index in [0.717, 1.165) is 12.8 Å². The van der Waals surface area contributed by atoms with Crippen LogP contribution >= 0.6 is 11.6 Å². The highest BCUT2D eigenvalue weighted by Gasteiger charge is 2.29. The molecule has 7 rings (SSSR count). The van der Waals surface area contributed by atoms with Crippen LogP contribution < -0.4 is 27.7 Å². The van der Waals surface area contributed by atoms with E-state index in [0.29, 0.717) is 49.5 Å². The van der Waals surface area contributed by atoms with Crippen LogP contribution in [0.5, 0.6) is 0 Å². The monoisotopic (exact) mass is 702 g/mol. The molecule has 5 heterocycles. The second kappa shape index (κ2) is 12.9. The second-order valence-corrected chi connectivity index (χ2v) is 13.3. The normalized spacial score (nSPS) is 15.6. The Morgan fingerprint density at radius 2 is 1.62 bits per heavy atom. The number of benzene rings is 2. The Bertz CT molecular complexity index is 2400. The molecule has 2 aliphatic heterocycles. The van der Waals surface area contributed by atoms with E-state index in [1.54, 1.807) is 34.5 Å². The Balaban J connectivity index is 1.24. The lowest BCUT2D eigenvalue weighted by Gasteiger charge is -2.26. The summed E-state index contributed by atoms with van der Waals surface area (Å²) in [7, 11) is 0. The Morgan fingerprint density at radius 3 is 2.34 bits per heavy atom. The van der Waals surface area contributed by atoms with Gasteiger partial charge in [0.1, 0.15) is 22.5 Å². The number of nitrogens with zero attached hydrogens (tertiary/aromatic N) is 6. The van der Waals surface area contributed by atoms with Gasteiger partial charge in [-0.3, -0.25) is 23.7 Å². The number of allylic oxidation sites excluding steroid dienone is 1. The average molecular weight is 703 g/mol. The number of halogens is 3. The smallest absolute Gasteiger partial charge is 0.276 e. The topological polar surface area (TPSA) is 127 Å². The van der Waals surface area contributed by atoms with Crippen LogP contribution in [0.25, 0.3) is 33.3 Å². The third-order valence-electron chi connectivity index (χ3n) is 9.84. The van der Waals surface area contributed by atoms with Crippen molar-refractivity contribution in [2.45, 2.75) is 65.3 Å². The predicted molar refractivity (Wildman–Crippen MR) is 192 cm³/mol. The Morgan fingerprint density at radius 1 is 0.920 bits per heavy atom. The first-order valence-corrected chi connectivity index (χ1v) is 17.0. The van der Waals surface area contributed by atoms with Gasteiger partial charge in [0, 0.05) is 62.2 Å². The summed E-state index contributed by atoms with van der Waals surface area (Å²) in [5.74, 6) is -1.44. The first-order chi connectivity index (χ1) is 24.0. The lowest BCUT2D eigenvalue weighted by molar-refractivity contribution is 0.256. The first kappa shape index (κ1) is 33.3. The van der Waals surface area contributed by atoms with Gasteiger partial charge in [-0.25, -0.2) is 23.1 Å². The zero-order valence-electron chi connectivity index (χ0n) is 27.6. The highest BCUT2D eigenvalue weighted by molar-refractivity contribution is 6.32. The molecule has 0 saturated carbocycles. The molecule has 0 saturated heterocycles. The first-order valence-electron chi connectivity index (χ1n) is 16.6. The van der Waals surface area contributed by atoms with Gasteiger partial charge in [0.15, 0.2) is 0 Å². The van der Waals surface area contributed by atoms with Gasteiger partial charge in [-0.1, -0.05) is 23.8 Å². The standard InChI is InChI=1S/C36H37ClF2N8O3/c1-4-9-41-27-15-22(24(38)17-26(27)40)31-20(3)44-13-8-21(19-47(44)35(31)49)14-29-34(48)43(10-5-2)30-16-23(25(39)18-28(30)42-29)32-33(37)45-11-6-7-12-46(45)36(32)50/h4-5,15-18,21,41H,1-2,6-14,19,40H2,3H3. The summed E-state index contributed by atoms with van der Waals surface area (Å²) in [5, 5.41) is 3.24. The fraction of sp³-hybridized carbons (Fsp3) is 0.333. The molecule has 11 nitrogen and oxygen atoms in total. The second-order valence-electron chi connectivity index (χ2n) is 12.9. The molecule has 0 fully saturated rings. The number of aromatic nitrogens is 6. The van der Waals surface area contributed by atoms with E-state index in [9.17, 15) is 14.4 Å². The van der Waals surface area contributed by atoms with Crippen LogP contribution in [0.1, 0.15) is 30.7 Å². The van der Waals surface area contributed by atoms with Crippen molar-refractivity contribution in [3.63, 3.8) is 0 Å². The zero-order chi connectivity index (χ0) is 35.4. The van der Waals surface area contributed by atoms with Crippen LogP contribution in [0.15, 0.2) is 64.0 Å². The van der Waals surface area contributed by atoms with Crippen molar-refractivity contribution >= 4 is 34.0 Å². The molecule has 0 bridgehead atoms. The molecule has 1 unspecified atom stereocenters. The summed E-state index contributed by atoms with van der Waals surface area (Å²) in [6, 6.07) is 5.45. The SMILES string of the molecule is C=CCNc1cc(-c2c(C)n3n(c2=O)CC(Cc2nc4cc(F)c(-c5c(Cl)n6n(c5=O)CCCC6)cc4n(CC=C)c2=O)CC3)c(F)cc1N. The Kier molecular flexibility index (Phi) is 8.63. The van der Waals surface area contributed by atoms with Gasteiger partial charge in [0.05, 0.1) is 33.5 Å². The van der Waals surface area contributed by atoms with Gasteiger partial charge in [-0.05, 0) is 56.7 Å². The number of anilines is 2. The molecular weight excluding hydrogens is 666 g/mol. The lowest BCUT2D eigenvalue weighted by atomic mass is 9.98. The molecule has 14 heteroatoms.